The van der Waals surface area contributed by atoms with E-state index < -0.39 is 36.5 Å². The van der Waals surface area contributed by atoms with Crippen molar-refractivity contribution < 1.29 is 29.0 Å². The number of rotatable bonds is 7. The number of carboxylic acid groups (broad SMARTS) is 1. The van der Waals surface area contributed by atoms with Crippen LogP contribution in [0.15, 0.2) is 0 Å². The number of nitrogens with two attached hydrogens (primary N) is 1. The van der Waals surface area contributed by atoms with E-state index in [4.69, 9.17) is 10.8 Å². The molecule has 0 aliphatic heterocycles. The third-order valence-electron chi connectivity index (χ3n) is 4.71. The van der Waals surface area contributed by atoms with Gasteiger partial charge in [0.15, 0.2) is 0 Å². The molecule has 148 valence electrons. The predicted octanol–water partition coefficient (Wildman–Crippen LogP) is -0.0177. The van der Waals surface area contributed by atoms with Crippen molar-refractivity contribution in [2.45, 2.75) is 58.7 Å². The molecule has 0 aromatic heterocycles. The van der Waals surface area contributed by atoms with Crippen molar-refractivity contribution in [3.05, 3.63) is 0 Å². The quantitative estimate of drug-likeness (QED) is 0.363. The van der Waals surface area contributed by atoms with Crippen molar-refractivity contribution in [3.8, 4) is 0 Å². The molecule has 1 rings (SSSR count). The number of esters is 1. The van der Waals surface area contributed by atoms with Crippen molar-refractivity contribution in [3.63, 3.8) is 0 Å². The summed E-state index contributed by atoms with van der Waals surface area (Å²) in [6, 6.07) is -1.34. The lowest BCUT2D eigenvalue weighted by atomic mass is 9.74. The molecule has 0 aromatic carbocycles. The lowest BCUT2D eigenvalue weighted by Gasteiger charge is -2.32. The summed E-state index contributed by atoms with van der Waals surface area (Å²) >= 11 is 0. The highest BCUT2D eigenvalue weighted by Gasteiger charge is 2.41. The fourth-order valence-electron chi connectivity index (χ4n) is 3.36. The van der Waals surface area contributed by atoms with E-state index in [9.17, 15) is 19.2 Å². The number of carboxylic acids is 1. The summed E-state index contributed by atoms with van der Waals surface area (Å²) in [5.41, 5.74) is 5.42. The third kappa shape index (κ3) is 5.98. The number of hydrogen-bond acceptors (Lipinski definition) is 6. The second-order valence-corrected chi connectivity index (χ2v) is 7.69. The number of carbonyl (C=O) groups excluding carboxylic acids is 3. The Balaban J connectivity index is 2.81. The van der Waals surface area contributed by atoms with Crippen LogP contribution in [0.3, 0.4) is 0 Å². The molecule has 3 unspecified atom stereocenters. The van der Waals surface area contributed by atoms with Crippen molar-refractivity contribution in [2.24, 2.45) is 23.0 Å². The zero-order valence-electron chi connectivity index (χ0n) is 15.7. The van der Waals surface area contributed by atoms with Crippen molar-refractivity contribution in [1.82, 2.24) is 10.6 Å². The van der Waals surface area contributed by atoms with Gasteiger partial charge in [0.25, 0.3) is 0 Å². The summed E-state index contributed by atoms with van der Waals surface area (Å²) in [7, 11) is 1.12. The van der Waals surface area contributed by atoms with Gasteiger partial charge in [-0.15, -0.1) is 0 Å². The molecule has 1 fully saturated rings. The molecule has 5 N–H and O–H groups in total. The highest BCUT2D eigenvalue weighted by atomic mass is 16.5. The van der Waals surface area contributed by atoms with Crippen LogP contribution in [-0.4, -0.2) is 48.2 Å². The van der Waals surface area contributed by atoms with Crippen LogP contribution in [0.5, 0.6) is 0 Å². The summed E-state index contributed by atoms with van der Waals surface area (Å²) in [6.45, 7) is 6.19. The highest BCUT2D eigenvalue weighted by molar-refractivity contribution is 5.92. The first-order valence-corrected chi connectivity index (χ1v) is 8.63. The van der Waals surface area contributed by atoms with Crippen LogP contribution in [0.1, 0.15) is 46.5 Å². The van der Waals surface area contributed by atoms with E-state index in [2.05, 4.69) is 36.1 Å². The number of ether oxygens (including phenoxy) is 1. The highest BCUT2D eigenvalue weighted by Crippen LogP contribution is 2.43. The second kappa shape index (κ2) is 8.98. The first-order chi connectivity index (χ1) is 12.0. The van der Waals surface area contributed by atoms with Gasteiger partial charge in [0.1, 0.15) is 0 Å². The summed E-state index contributed by atoms with van der Waals surface area (Å²) in [5, 5.41) is 13.4. The minimum absolute atomic E-state index is 0.0631. The smallest absolute Gasteiger partial charge is 0.349 e. The van der Waals surface area contributed by atoms with E-state index in [1.165, 1.54) is 0 Å². The standard InChI is InChI=1S/C17H29N3O6/c1-17(2,3)10-7-5-6-9(10)14(23)19-13(16(25)26-4)20-15(24)11(18)8-12(21)22/h9-11,13H,5-8,18H2,1-4H3,(H,19,23)(H,20,24)(H,21,22)/t9?,10?,11-,13?/m0/s1. The molecule has 4 atom stereocenters. The molecular weight excluding hydrogens is 342 g/mol. The first kappa shape index (κ1) is 21.9. The minimum Gasteiger partial charge on any atom is -0.481 e. The molecule has 1 aliphatic rings. The van der Waals surface area contributed by atoms with Gasteiger partial charge in [-0.2, -0.15) is 0 Å². The monoisotopic (exact) mass is 371 g/mol. The van der Waals surface area contributed by atoms with Gasteiger partial charge in [0.2, 0.25) is 18.0 Å². The normalized spacial score (nSPS) is 22.2. The Morgan fingerprint density at radius 3 is 2.31 bits per heavy atom. The molecule has 1 saturated carbocycles. The number of carbonyl (C=O) groups is 4. The molecule has 9 heteroatoms. The average molecular weight is 371 g/mol. The van der Waals surface area contributed by atoms with Gasteiger partial charge >= 0.3 is 11.9 Å². The Hall–Kier alpha value is -2.16. The topological polar surface area (TPSA) is 148 Å². The van der Waals surface area contributed by atoms with Gasteiger partial charge in [0.05, 0.1) is 19.6 Å². The van der Waals surface area contributed by atoms with E-state index in [1.54, 1.807) is 0 Å². The SMILES string of the molecule is COC(=O)C(NC(=O)C1CCCC1C(C)(C)C)NC(=O)[C@@H](N)CC(=O)O. The number of hydrogen-bond donors (Lipinski definition) is 4. The Morgan fingerprint density at radius 1 is 1.19 bits per heavy atom. The second-order valence-electron chi connectivity index (χ2n) is 7.69. The third-order valence-corrected chi connectivity index (χ3v) is 4.71. The lowest BCUT2D eigenvalue weighted by molar-refractivity contribution is -0.149. The summed E-state index contributed by atoms with van der Waals surface area (Å²) in [5.74, 6) is -3.42. The fraction of sp³-hybridized carbons (Fsp3) is 0.765. The first-order valence-electron chi connectivity index (χ1n) is 8.63. The van der Waals surface area contributed by atoms with Gasteiger partial charge in [-0.1, -0.05) is 27.2 Å². The lowest BCUT2D eigenvalue weighted by Crippen LogP contribution is -2.58. The van der Waals surface area contributed by atoms with E-state index in [-0.39, 0.29) is 23.2 Å². The number of aliphatic carboxylic acids is 1. The summed E-state index contributed by atoms with van der Waals surface area (Å²) < 4.78 is 4.61. The molecule has 0 aromatic rings. The average Bonchev–Trinajstić information content (AvgIpc) is 3.02. The van der Waals surface area contributed by atoms with Gasteiger partial charge < -0.3 is 26.2 Å². The molecule has 26 heavy (non-hydrogen) atoms. The largest absolute Gasteiger partial charge is 0.481 e. The van der Waals surface area contributed by atoms with E-state index in [0.29, 0.717) is 6.42 Å². The zero-order valence-corrected chi connectivity index (χ0v) is 15.7. The predicted molar refractivity (Wildman–Crippen MR) is 92.6 cm³/mol. The molecular formula is C17H29N3O6. The van der Waals surface area contributed by atoms with Crippen molar-refractivity contribution >= 4 is 23.8 Å². The van der Waals surface area contributed by atoms with E-state index >= 15 is 0 Å². The molecule has 2 amide bonds. The van der Waals surface area contributed by atoms with Crippen molar-refractivity contribution in [2.75, 3.05) is 7.11 Å². The molecule has 1 aliphatic carbocycles. The molecule has 9 nitrogen and oxygen atoms in total. The van der Waals surface area contributed by atoms with Crippen LogP contribution in [0.25, 0.3) is 0 Å². The summed E-state index contributed by atoms with van der Waals surface area (Å²) in [4.78, 5) is 47.2. The molecule has 0 radical (unpaired) electrons. The Morgan fingerprint density at radius 2 is 1.81 bits per heavy atom. The summed E-state index contributed by atoms with van der Waals surface area (Å²) in [6.07, 6.45) is 0.524. The van der Waals surface area contributed by atoms with Crippen LogP contribution in [0, 0.1) is 17.3 Å². The number of nitrogens with one attached hydrogen (secondary N) is 2. The van der Waals surface area contributed by atoms with Crippen LogP contribution in [0.4, 0.5) is 0 Å². The van der Waals surface area contributed by atoms with Gasteiger partial charge in [-0.05, 0) is 24.2 Å². The van der Waals surface area contributed by atoms with E-state index in [0.717, 1.165) is 20.0 Å². The van der Waals surface area contributed by atoms with Gasteiger partial charge in [-0.25, -0.2) is 4.79 Å². The van der Waals surface area contributed by atoms with Gasteiger partial charge in [-0.3, -0.25) is 14.4 Å². The van der Waals surface area contributed by atoms with E-state index in [1.807, 2.05) is 0 Å². The van der Waals surface area contributed by atoms with Crippen LogP contribution >= 0.6 is 0 Å². The van der Waals surface area contributed by atoms with Gasteiger partial charge in [0, 0.05) is 5.92 Å². The van der Waals surface area contributed by atoms with Crippen molar-refractivity contribution in [1.29, 1.82) is 0 Å². The van der Waals surface area contributed by atoms with Crippen LogP contribution in [0.2, 0.25) is 0 Å². The number of amides is 2. The Kier molecular flexibility index (Phi) is 7.55. The Bertz CT molecular complexity index is 557. The maximum atomic E-state index is 12.7. The maximum absolute atomic E-state index is 12.7. The Labute approximate surface area is 153 Å². The molecule has 0 saturated heterocycles. The van der Waals surface area contributed by atoms with Crippen LogP contribution in [-0.2, 0) is 23.9 Å². The zero-order chi connectivity index (χ0) is 20.1. The molecule has 0 spiro atoms. The van der Waals surface area contributed by atoms with Crippen LogP contribution < -0.4 is 16.4 Å². The maximum Gasteiger partial charge on any atom is 0.349 e. The fourth-order valence-corrected chi connectivity index (χ4v) is 3.36. The molecule has 0 heterocycles. The number of methoxy groups -OCH3 is 1. The minimum atomic E-state index is -1.42. The molecule has 0 bridgehead atoms.